The molecule has 1 amide bonds. The van der Waals surface area contributed by atoms with Crippen molar-refractivity contribution in [3.63, 3.8) is 0 Å². The number of carbonyl (C=O) groups excluding carboxylic acids is 1. The largest absolute Gasteiger partial charge is 0.486 e. The number of carbonyl (C=O) groups is 1. The molecule has 0 aliphatic carbocycles. The highest BCUT2D eigenvalue weighted by molar-refractivity contribution is 6.06. The van der Waals surface area contributed by atoms with E-state index in [0.29, 0.717) is 47.0 Å². The maximum Gasteiger partial charge on any atom is 0.272 e. The lowest BCUT2D eigenvalue weighted by molar-refractivity contribution is 0.102. The summed E-state index contributed by atoms with van der Waals surface area (Å²) < 4.78 is 24.1. The second-order valence-corrected chi connectivity index (χ2v) is 5.23. The molecule has 1 aliphatic heterocycles. The van der Waals surface area contributed by atoms with Gasteiger partial charge in [0.2, 0.25) is 0 Å². The van der Waals surface area contributed by atoms with Crippen LogP contribution in [-0.2, 0) is 0 Å². The summed E-state index contributed by atoms with van der Waals surface area (Å²) in [4.78, 5) is 15.3. The van der Waals surface area contributed by atoms with E-state index in [9.17, 15) is 9.18 Å². The summed E-state index contributed by atoms with van der Waals surface area (Å²) in [5, 5.41) is 3.43. The van der Waals surface area contributed by atoms with Gasteiger partial charge in [-0.25, -0.2) is 4.39 Å². The highest BCUT2D eigenvalue weighted by Gasteiger charge is 2.14. The Morgan fingerprint density at radius 3 is 2.74 bits per heavy atom. The number of rotatable bonds is 2. The molecule has 23 heavy (non-hydrogen) atoms. The molecule has 0 fully saturated rings. The Kier molecular flexibility index (Phi) is 3.15. The van der Waals surface area contributed by atoms with E-state index >= 15 is 0 Å². The van der Waals surface area contributed by atoms with Gasteiger partial charge in [-0.15, -0.1) is 0 Å². The van der Waals surface area contributed by atoms with E-state index in [2.05, 4.69) is 10.3 Å². The third-order valence-electron chi connectivity index (χ3n) is 3.63. The minimum Gasteiger partial charge on any atom is -0.486 e. The predicted octanol–water partition coefficient (Wildman–Crippen LogP) is 3.33. The molecule has 2 N–H and O–H groups in total. The Morgan fingerprint density at radius 1 is 1.04 bits per heavy atom. The van der Waals surface area contributed by atoms with Crippen molar-refractivity contribution in [2.75, 3.05) is 18.5 Å². The Morgan fingerprint density at radius 2 is 1.87 bits per heavy atom. The molecule has 0 bridgehead atoms. The summed E-state index contributed by atoms with van der Waals surface area (Å²) in [6.45, 7) is 1.00. The first-order valence-electron chi connectivity index (χ1n) is 7.18. The predicted molar refractivity (Wildman–Crippen MR) is 83.6 cm³/mol. The fraction of sp³-hybridized carbons (Fsp3) is 0.118. The molecule has 0 radical (unpaired) electrons. The van der Waals surface area contributed by atoms with Crippen molar-refractivity contribution in [1.82, 2.24) is 4.98 Å². The number of hydrogen-bond acceptors (Lipinski definition) is 3. The molecule has 2 aromatic carbocycles. The first-order chi connectivity index (χ1) is 11.2. The number of amides is 1. The average molecular weight is 312 g/mol. The molecule has 0 spiro atoms. The first kappa shape index (κ1) is 13.6. The van der Waals surface area contributed by atoms with Gasteiger partial charge in [0.15, 0.2) is 11.5 Å². The summed E-state index contributed by atoms with van der Waals surface area (Å²) >= 11 is 0. The number of aromatic amines is 1. The van der Waals surface area contributed by atoms with Crippen molar-refractivity contribution in [1.29, 1.82) is 0 Å². The number of benzene rings is 2. The smallest absolute Gasteiger partial charge is 0.272 e. The van der Waals surface area contributed by atoms with Gasteiger partial charge in [0.05, 0.1) is 0 Å². The Hall–Kier alpha value is -3.02. The Labute approximate surface area is 131 Å². The molecule has 0 saturated carbocycles. The summed E-state index contributed by atoms with van der Waals surface area (Å²) in [5.41, 5.74) is 1.67. The number of fused-ring (bicyclic) bond motifs is 2. The molecule has 6 heteroatoms. The number of anilines is 1. The molecule has 0 atom stereocenters. The molecule has 3 aromatic rings. The third kappa shape index (κ3) is 2.59. The van der Waals surface area contributed by atoms with Crippen molar-refractivity contribution < 1.29 is 18.7 Å². The number of H-pyrrole nitrogens is 1. The van der Waals surface area contributed by atoms with Crippen LogP contribution in [0.1, 0.15) is 10.5 Å². The zero-order chi connectivity index (χ0) is 15.8. The van der Waals surface area contributed by atoms with Gasteiger partial charge in [-0.3, -0.25) is 4.79 Å². The van der Waals surface area contributed by atoms with E-state index in [1.165, 1.54) is 12.1 Å². The van der Waals surface area contributed by atoms with E-state index in [1.807, 2.05) is 0 Å². The van der Waals surface area contributed by atoms with Crippen LogP contribution in [0.15, 0.2) is 42.5 Å². The molecule has 1 aromatic heterocycles. The topological polar surface area (TPSA) is 63.4 Å². The van der Waals surface area contributed by atoms with Gasteiger partial charge in [0.25, 0.3) is 5.91 Å². The lowest BCUT2D eigenvalue weighted by atomic mass is 10.2. The average Bonchev–Trinajstić information content (AvgIpc) is 2.98. The first-order valence-corrected chi connectivity index (χ1v) is 7.18. The summed E-state index contributed by atoms with van der Waals surface area (Å²) in [7, 11) is 0. The highest BCUT2D eigenvalue weighted by Crippen LogP contribution is 2.32. The number of halogens is 1. The van der Waals surface area contributed by atoms with Crippen LogP contribution < -0.4 is 14.8 Å². The standard InChI is InChI=1S/C17H13FN2O3/c18-11-1-3-13-10(7-11)8-14(20-13)17(21)19-12-2-4-15-16(9-12)23-6-5-22-15/h1-4,7-9,20H,5-6H2,(H,19,21). The third-order valence-corrected chi connectivity index (χ3v) is 3.63. The van der Waals surface area contributed by atoms with Gasteiger partial charge in [0.1, 0.15) is 24.7 Å². The molecule has 0 saturated heterocycles. The fourth-order valence-corrected chi connectivity index (χ4v) is 2.55. The van der Waals surface area contributed by atoms with Crippen molar-refractivity contribution >= 4 is 22.5 Å². The van der Waals surface area contributed by atoms with Crippen LogP contribution in [0.25, 0.3) is 10.9 Å². The zero-order valence-electron chi connectivity index (χ0n) is 12.1. The minimum atomic E-state index is -0.338. The van der Waals surface area contributed by atoms with E-state index in [1.54, 1.807) is 30.3 Å². The van der Waals surface area contributed by atoms with Crippen LogP contribution in [0, 0.1) is 5.82 Å². The fourth-order valence-electron chi connectivity index (χ4n) is 2.55. The monoisotopic (exact) mass is 312 g/mol. The summed E-state index contributed by atoms with van der Waals surface area (Å²) in [6, 6.07) is 11.2. The highest BCUT2D eigenvalue weighted by atomic mass is 19.1. The van der Waals surface area contributed by atoms with E-state index in [0.717, 1.165) is 0 Å². The van der Waals surface area contributed by atoms with E-state index < -0.39 is 0 Å². The van der Waals surface area contributed by atoms with Gasteiger partial charge in [-0.05, 0) is 36.4 Å². The van der Waals surface area contributed by atoms with Crippen LogP contribution in [0.5, 0.6) is 11.5 Å². The Balaban J connectivity index is 1.59. The van der Waals surface area contributed by atoms with Crippen molar-refractivity contribution in [2.45, 2.75) is 0 Å². The van der Waals surface area contributed by atoms with Gasteiger partial charge in [-0.1, -0.05) is 0 Å². The molecule has 1 aliphatic rings. The number of nitrogens with one attached hydrogen (secondary N) is 2. The number of hydrogen-bond donors (Lipinski definition) is 2. The number of aromatic nitrogens is 1. The normalized spacial score (nSPS) is 13.1. The van der Waals surface area contributed by atoms with Crippen molar-refractivity contribution in [2.24, 2.45) is 0 Å². The summed E-state index contributed by atoms with van der Waals surface area (Å²) in [5.74, 6) is 0.622. The van der Waals surface area contributed by atoms with E-state index in [4.69, 9.17) is 9.47 Å². The molecule has 4 rings (SSSR count). The van der Waals surface area contributed by atoms with Crippen molar-refractivity contribution in [3.8, 4) is 11.5 Å². The SMILES string of the molecule is O=C(Nc1ccc2c(c1)OCCO2)c1cc2cc(F)ccc2[nH]1. The van der Waals surface area contributed by atoms with Crippen molar-refractivity contribution in [3.05, 3.63) is 54.0 Å². The maximum absolute atomic E-state index is 13.2. The molecule has 2 heterocycles. The maximum atomic E-state index is 13.2. The van der Waals surface area contributed by atoms with Crippen LogP contribution in [0.4, 0.5) is 10.1 Å². The Bertz CT molecular complexity index is 904. The van der Waals surface area contributed by atoms with Gasteiger partial charge >= 0.3 is 0 Å². The second kappa shape index (κ2) is 5.31. The quantitative estimate of drug-likeness (QED) is 0.763. The van der Waals surface area contributed by atoms with Gasteiger partial charge < -0.3 is 19.8 Å². The van der Waals surface area contributed by atoms with Gasteiger partial charge in [0, 0.05) is 22.7 Å². The second-order valence-electron chi connectivity index (χ2n) is 5.23. The van der Waals surface area contributed by atoms with E-state index in [-0.39, 0.29) is 11.7 Å². The minimum absolute atomic E-state index is 0.307. The van der Waals surface area contributed by atoms with Crippen LogP contribution >= 0.6 is 0 Å². The van der Waals surface area contributed by atoms with Crippen LogP contribution in [0.3, 0.4) is 0 Å². The zero-order valence-corrected chi connectivity index (χ0v) is 12.1. The molecular weight excluding hydrogens is 299 g/mol. The van der Waals surface area contributed by atoms with Crippen LogP contribution in [0.2, 0.25) is 0 Å². The molecule has 0 unspecified atom stereocenters. The summed E-state index contributed by atoms with van der Waals surface area (Å²) in [6.07, 6.45) is 0. The lowest BCUT2D eigenvalue weighted by Crippen LogP contribution is -2.16. The molecule has 116 valence electrons. The molecule has 5 nitrogen and oxygen atoms in total. The number of ether oxygens (including phenoxy) is 2. The lowest BCUT2D eigenvalue weighted by Gasteiger charge is -2.18. The molecular formula is C17H13FN2O3. The van der Waals surface area contributed by atoms with Gasteiger partial charge in [-0.2, -0.15) is 0 Å². The van der Waals surface area contributed by atoms with Crippen LogP contribution in [-0.4, -0.2) is 24.1 Å².